The van der Waals surface area contributed by atoms with Crippen LogP contribution in [-0.4, -0.2) is 52.0 Å². The number of amides is 2. The molecule has 0 unspecified atom stereocenters. The van der Waals surface area contributed by atoms with Crippen molar-refractivity contribution in [3.63, 3.8) is 0 Å². The van der Waals surface area contributed by atoms with Gasteiger partial charge < -0.3 is 25.0 Å². The van der Waals surface area contributed by atoms with E-state index in [0.29, 0.717) is 16.9 Å². The van der Waals surface area contributed by atoms with Crippen LogP contribution in [-0.2, 0) is 21.4 Å². The number of halogens is 1. The first-order valence-corrected chi connectivity index (χ1v) is 10.4. The van der Waals surface area contributed by atoms with E-state index < -0.39 is 34.9 Å². The van der Waals surface area contributed by atoms with Gasteiger partial charge in [0.25, 0.3) is 17.6 Å². The molecule has 0 spiro atoms. The minimum absolute atomic E-state index is 0.0157. The van der Waals surface area contributed by atoms with Gasteiger partial charge in [0.2, 0.25) is 0 Å². The number of nitrogens with zero attached hydrogens (tertiary/aromatic N) is 1. The Kier molecular flexibility index (Phi) is 6.68. The number of carboxylic acid groups (broad SMARTS) is 1. The zero-order valence-electron chi connectivity index (χ0n) is 18.9. The van der Waals surface area contributed by atoms with Crippen molar-refractivity contribution in [2.45, 2.75) is 39.2 Å². The van der Waals surface area contributed by atoms with Crippen LogP contribution in [0, 0.1) is 26.6 Å². The highest BCUT2D eigenvalue weighted by Crippen LogP contribution is 2.25. The fourth-order valence-corrected chi connectivity index (χ4v) is 4.04. The Morgan fingerprint density at radius 1 is 1.12 bits per heavy atom. The molecular formula is C23H26FN3O6. The van der Waals surface area contributed by atoms with E-state index in [1.54, 1.807) is 27.8 Å². The van der Waals surface area contributed by atoms with Gasteiger partial charge in [-0.05, 0) is 50.1 Å². The Morgan fingerprint density at radius 2 is 1.76 bits per heavy atom. The van der Waals surface area contributed by atoms with Crippen LogP contribution >= 0.6 is 0 Å². The lowest BCUT2D eigenvalue weighted by atomic mass is 9.89. The normalized spacial score (nSPS) is 15.1. The number of hydrogen-bond acceptors (Lipinski definition) is 5. The number of benzene rings is 1. The number of anilines is 1. The third kappa shape index (κ3) is 4.51. The van der Waals surface area contributed by atoms with E-state index in [0.717, 1.165) is 0 Å². The summed E-state index contributed by atoms with van der Waals surface area (Å²) in [4.78, 5) is 50.5. The number of carbonyl (C=O) groups excluding carboxylic acids is 3. The Hall–Kier alpha value is -3.53. The molecule has 1 aromatic heterocycles. The number of aryl methyl sites for hydroxylation is 1. The Bertz CT molecular complexity index is 1150. The molecule has 176 valence electrons. The van der Waals surface area contributed by atoms with E-state index in [1.165, 1.54) is 22.8 Å². The molecule has 1 aliphatic rings. The molecular weight excluding hydrogens is 433 g/mol. The lowest BCUT2D eigenvalue weighted by Crippen LogP contribution is -2.59. The summed E-state index contributed by atoms with van der Waals surface area (Å²) in [6, 6.07) is 4.15. The highest BCUT2D eigenvalue weighted by molar-refractivity contribution is 6.43. The minimum Gasteiger partial charge on any atom is -0.480 e. The molecule has 0 saturated carbocycles. The fraction of sp³-hybridized carbons (Fsp3) is 0.391. The first-order chi connectivity index (χ1) is 15.5. The minimum atomic E-state index is -1.58. The van der Waals surface area contributed by atoms with Gasteiger partial charge in [-0.1, -0.05) is 0 Å². The molecule has 10 heteroatoms. The number of carbonyl (C=O) groups is 4. The van der Waals surface area contributed by atoms with Gasteiger partial charge >= 0.3 is 5.97 Å². The zero-order valence-corrected chi connectivity index (χ0v) is 18.9. The highest BCUT2D eigenvalue weighted by atomic mass is 19.1. The number of aromatic nitrogens is 1. The molecule has 1 saturated heterocycles. The van der Waals surface area contributed by atoms with Crippen LogP contribution in [0.2, 0.25) is 0 Å². The summed E-state index contributed by atoms with van der Waals surface area (Å²) >= 11 is 0. The number of rotatable bonds is 6. The zero-order chi connectivity index (χ0) is 24.5. The second kappa shape index (κ2) is 9.14. The van der Waals surface area contributed by atoms with E-state index in [2.05, 4.69) is 10.6 Å². The molecule has 0 radical (unpaired) electrons. The van der Waals surface area contributed by atoms with Gasteiger partial charge in [0.1, 0.15) is 11.4 Å². The topological polar surface area (TPSA) is 127 Å². The monoisotopic (exact) mass is 459 g/mol. The first kappa shape index (κ1) is 24.1. The lowest BCUT2D eigenvalue weighted by molar-refractivity contribution is -0.151. The van der Waals surface area contributed by atoms with Crippen LogP contribution in [0.1, 0.15) is 50.5 Å². The molecule has 3 rings (SSSR count). The van der Waals surface area contributed by atoms with Gasteiger partial charge in [-0.2, -0.15) is 0 Å². The molecule has 2 aromatic rings. The van der Waals surface area contributed by atoms with Crippen LogP contribution in [0.3, 0.4) is 0 Å². The number of Topliss-reactive ketones (excluding diaryl/α,β-unsaturated/α-hetero) is 1. The summed E-state index contributed by atoms with van der Waals surface area (Å²) in [5.74, 6) is -4.16. The Labute approximate surface area is 189 Å². The number of ether oxygens (including phenoxy) is 1. The molecule has 9 nitrogen and oxygen atoms in total. The maximum absolute atomic E-state index is 13.5. The maximum Gasteiger partial charge on any atom is 0.329 e. The second-order valence-corrected chi connectivity index (χ2v) is 8.19. The van der Waals surface area contributed by atoms with Gasteiger partial charge in [0, 0.05) is 44.5 Å². The molecule has 3 N–H and O–H groups in total. The van der Waals surface area contributed by atoms with Gasteiger partial charge in [0.05, 0.1) is 11.3 Å². The van der Waals surface area contributed by atoms with Gasteiger partial charge in [0.15, 0.2) is 0 Å². The van der Waals surface area contributed by atoms with E-state index in [4.69, 9.17) is 4.74 Å². The van der Waals surface area contributed by atoms with E-state index in [1.807, 2.05) is 0 Å². The third-order valence-corrected chi connectivity index (χ3v) is 6.10. The molecule has 2 heterocycles. The summed E-state index contributed by atoms with van der Waals surface area (Å²) in [6.07, 6.45) is 0.0779. The van der Waals surface area contributed by atoms with Gasteiger partial charge in [-0.15, -0.1) is 0 Å². The standard InChI is InChI=1S/C23H26FN3O6/c1-12-11-15(5-6-16(12)24)25-20(29)17-13(2)18(27(4)14(17)3)19(28)21(30)26-23(22(31)32)7-9-33-10-8-23/h5-6,11H,7-10H2,1-4H3,(H,25,29)(H,26,30)(H,31,32). The van der Waals surface area contributed by atoms with Gasteiger partial charge in [-0.3, -0.25) is 14.4 Å². The summed E-state index contributed by atoms with van der Waals surface area (Å²) in [5.41, 5.74) is 0.0756. The molecule has 1 aromatic carbocycles. The van der Waals surface area contributed by atoms with E-state index in [9.17, 15) is 28.7 Å². The van der Waals surface area contributed by atoms with E-state index >= 15 is 0 Å². The number of aliphatic carboxylic acids is 1. The SMILES string of the molecule is Cc1cc(NC(=O)c2c(C)c(C(=O)C(=O)NC3(C(=O)O)CCOCC3)n(C)c2C)ccc1F. The van der Waals surface area contributed by atoms with Gasteiger partial charge in [-0.25, -0.2) is 9.18 Å². The van der Waals surface area contributed by atoms with E-state index in [-0.39, 0.29) is 42.9 Å². The van der Waals surface area contributed by atoms with Crippen LogP contribution in [0.5, 0.6) is 0 Å². The molecule has 1 aliphatic heterocycles. The molecule has 33 heavy (non-hydrogen) atoms. The van der Waals surface area contributed by atoms with Crippen molar-refractivity contribution in [3.05, 3.63) is 52.1 Å². The molecule has 2 amide bonds. The van der Waals surface area contributed by atoms with Crippen LogP contribution in [0.15, 0.2) is 18.2 Å². The molecule has 0 bridgehead atoms. The maximum atomic E-state index is 13.5. The fourth-order valence-electron chi connectivity index (χ4n) is 4.04. The number of hydrogen-bond donors (Lipinski definition) is 3. The first-order valence-electron chi connectivity index (χ1n) is 10.4. The quantitative estimate of drug-likeness (QED) is 0.449. The van der Waals surface area contributed by atoms with Crippen molar-refractivity contribution >= 4 is 29.3 Å². The predicted molar refractivity (Wildman–Crippen MR) is 117 cm³/mol. The summed E-state index contributed by atoms with van der Waals surface area (Å²) in [6.45, 7) is 5.04. The van der Waals surface area contributed by atoms with Crippen molar-refractivity contribution in [1.82, 2.24) is 9.88 Å². The third-order valence-electron chi connectivity index (χ3n) is 6.10. The lowest BCUT2D eigenvalue weighted by Gasteiger charge is -2.33. The van der Waals surface area contributed by atoms with Crippen LogP contribution < -0.4 is 10.6 Å². The smallest absolute Gasteiger partial charge is 0.329 e. The van der Waals surface area contributed by atoms with Crippen LogP contribution in [0.4, 0.5) is 10.1 Å². The second-order valence-electron chi connectivity index (χ2n) is 8.19. The van der Waals surface area contributed by atoms with Crippen molar-refractivity contribution in [3.8, 4) is 0 Å². The van der Waals surface area contributed by atoms with Crippen molar-refractivity contribution in [2.75, 3.05) is 18.5 Å². The number of carboxylic acids is 1. The Morgan fingerprint density at radius 3 is 2.33 bits per heavy atom. The summed E-state index contributed by atoms with van der Waals surface area (Å²) in [5, 5.41) is 14.7. The van der Waals surface area contributed by atoms with Crippen molar-refractivity contribution in [1.29, 1.82) is 0 Å². The van der Waals surface area contributed by atoms with Crippen molar-refractivity contribution < 1.29 is 33.4 Å². The number of nitrogens with one attached hydrogen (secondary N) is 2. The van der Waals surface area contributed by atoms with Crippen molar-refractivity contribution in [2.24, 2.45) is 7.05 Å². The summed E-state index contributed by atoms with van der Waals surface area (Å²) < 4.78 is 20.1. The largest absolute Gasteiger partial charge is 0.480 e. The average molecular weight is 459 g/mol. The molecule has 1 fully saturated rings. The molecule has 0 aliphatic carbocycles. The molecule has 0 atom stereocenters. The summed E-state index contributed by atoms with van der Waals surface area (Å²) in [7, 11) is 1.54. The predicted octanol–water partition coefficient (Wildman–Crippen LogP) is 2.27. The number of ketones is 1. The Balaban J connectivity index is 1.88. The highest BCUT2D eigenvalue weighted by Gasteiger charge is 2.43. The average Bonchev–Trinajstić information content (AvgIpc) is 2.99. The van der Waals surface area contributed by atoms with Crippen LogP contribution in [0.25, 0.3) is 0 Å².